The van der Waals surface area contributed by atoms with Crippen molar-refractivity contribution in [3.05, 3.63) is 0 Å². The Balaban J connectivity index is 2.89. The van der Waals surface area contributed by atoms with Crippen molar-refractivity contribution in [3.8, 4) is 0 Å². The summed E-state index contributed by atoms with van der Waals surface area (Å²) in [5.74, 6) is 0. The third-order valence-electron chi connectivity index (χ3n) is 1.02. The van der Waals surface area contributed by atoms with Crippen LogP contribution in [0.4, 0.5) is 0 Å². The molecule has 0 aromatic heterocycles. The maximum absolute atomic E-state index is 8.62. The summed E-state index contributed by atoms with van der Waals surface area (Å²) in [7, 11) is 0. The second kappa shape index (κ2) is 6.95. The van der Waals surface area contributed by atoms with Gasteiger partial charge in [-0.25, -0.2) is 0 Å². The summed E-state index contributed by atoms with van der Waals surface area (Å²) >= 11 is 0. The van der Waals surface area contributed by atoms with Crippen molar-refractivity contribution in [3.63, 3.8) is 0 Å². The van der Waals surface area contributed by atoms with Gasteiger partial charge >= 0.3 is 0 Å². The zero-order chi connectivity index (χ0) is 7.82. The molecule has 10 heavy (non-hydrogen) atoms. The Bertz CT molecular complexity index is 66.8. The van der Waals surface area contributed by atoms with Crippen LogP contribution in [-0.2, 0) is 4.74 Å². The monoisotopic (exact) mass is 150 g/mol. The number of aliphatic hydroxyl groups is 3. The highest BCUT2D eigenvalue weighted by Gasteiger charge is 1.98. The molecule has 1 unspecified atom stereocenters. The molecule has 0 amide bonds. The highest BCUT2D eigenvalue weighted by atomic mass is 16.6. The van der Waals surface area contributed by atoms with Gasteiger partial charge in [-0.2, -0.15) is 0 Å². The standard InChI is InChI=1S/C6H14O4/c7-3-1-2-4-10-6(9)5-8/h6-9H,1-5H2. The third kappa shape index (κ3) is 5.97. The third-order valence-corrected chi connectivity index (χ3v) is 1.02. The lowest BCUT2D eigenvalue weighted by Crippen LogP contribution is -2.17. The maximum Gasteiger partial charge on any atom is 0.177 e. The quantitative estimate of drug-likeness (QED) is 0.338. The molecule has 0 saturated heterocycles. The van der Waals surface area contributed by atoms with Gasteiger partial charge in [-0.05, 0) is 12.8 Å². The van der Waals surface area contributed by atoms with Crippen molar-refractivity contribution in [1.29, 1.82) is 0 Å². The van der Waals surface area contributed by atoms with Crippen molar-refractivity contribution in [2.75, 3.05) is 19.8 Å². The highest BCUT2D eigenvalue weighted by molar-refractivity contribution is 4.38. The zero-order valence-corrected chi connectivity index (χ0v) is 5.86. The highest BCUT2D eigenvalue weighted by Crippen LogP contribution is 1.91. The van der Waals surface area contributed by atoms with Crippen LogP contribution in [0.15, 0.2) is 0 Å². The fourth-order valence-corrected chi connectivity index (χ4v) is 0.486. The Labute approximate surface area is 60.1 Å². The summed E-state index contributed by atoms with van der Waals surface area (Å²) in [4.78, 5) is 0. The molecule has 0 aliphatic carbocycles. The molecule has 0 bridgehead atoms. The number of hydrogen-bond donors (Lipinski definition) is 3. The van der Waals surface area contributed by atoms with E-state index in [-0.39, 0.29) is 13.2 Å². The fraction of sp³-hybridized carbons (Fsp3) is 1.00. The minimum atomic E-state index is -1.07. The molecule has 1 atom stereocenters. The van der Waals surface area contributed by atoms with Crippen LogP contribution in [0, 0.1) is 0 Å². The van der Waals surface area contributed by atoms with Gasteiger partial charge in [0, 0.05) is 13.2 Å². The second-order valence-corrected chi connectivity index (χ2v) is 1.94. The first kappa shape index (κ1) is 9.84. The van der Waals surface area contributed by atoms with Gasteiger partial charge in [0.05, 0.1) is 6.61 Å². The van der Waals surface area contributed by atoms with Crippen LogP contribution in [0.3, 0.4) is 0 Å². The van der Waals surface area contributed by atoms with Crippen LogP contribution >= 0.6 is 0 Å². The van der Waals surface area contributed by atoms with Crippen molar-refractivity contribution >= 4 is 0 Å². The maximum atomic E-state index is 8.62. The first-order valence-electron chi connectivity index (χ1n) is 3.32. The lowest BCUT2D eigenvalue weighted by atomic mass is 10.3. The molecule has 0 aromatic carbocycles. The van der Waals surface area contributed by atoms with Crippen LogP contribution in [-0.4, -0.2) is 41.4 Å². The molecule has 0 fully saturated rings. The molecular formula is C6H14O4. The van der Waals surface area contributed by atoms with E-state index in [1.807, 2.05) is 0 Å². The average Bonchev–Trinajstić information content (AvgIpc) is 1.98. The summed E-state index contributed by atoms with van der Waals surface area (Å²) in [6, 6.07) is 0. The lowest BCUT2D eigenvalue weighted by molar-refractivity contribution is -0.125. The van der Waals surface area contributed by atoms with Gasteiger partial charge < -0.3 is 20.1 Å². The SMILES string of the molecule is OCCCCOC(O)CO. The molecule has 0 spiro atoms. The van der Waals surface area contributed by atoms with Crippen LogP contribution in [0.1, 0.15) is 12.8 Å². The molecule has 0 aromatic rings. The molecule has 0 aliphatic heterocycles. The van der Waals surface area contributed by atoms with Crippen LogP contribution in [0.25, 0.3) is 0 Å². The summed E-state index contributed by atoms with van der Waals surface area (Å²) in [6.45, 7) is 0.139. The molecule has 0 heterocycles. The number of ether oxygens (including phenoxy) is 1. The smallest absolute Gasteiger partial charge is 0.177 e. The number of aliphatic hydroxyl groups excluding tert-OH is 3. The van der Waals surface area contributed by atoms with E-state index in [4.69, 9.17) is 15.3 Å². The van der Waals surface area contributed by atoms with E-state index >= 15 is 0 Å². The normalized spacial score (nSPS) is 13.5. The van der Waals surface area contributed by atoms with Crippen LogP contribution in [0.2, 0.25) is 0 Å². The predicted molar refractivity (Wildman–Crippen MR) is 35.4 cm³/mol. The Kier molecular flexibility index (Phi) is 6.84. The molecule has 3 N–H and O–H groups in total. The van der Waals surface area contributed by atoms with Gasteiger partial charge in [-0.1, -0.05) is 0 Å². The van der Waals surface area contributed by atoms with Gasteiger partial charge in [0.2, 0.25) is 0 Å². The molecule has 4 nitrogen and oxygen atoms in total. The lowest BCUT2D eigenvalue weighted by Gasteiger charge is -2.07. The largest absolute Gasteiger partial charge is 0.396 e. The van der Waals surface area contributed by atoms with Crippen molar-refractivity contribution in [2.45, 2.75) is 19.1 Å². The molecule has 0 saturated carbocycles. The number of unbranched alkanes of at least 4 members (excludes halogenated alkanes) is 1. The van der Waals surface area contributed by atoms with Gasteiger partial charge in [0.25, 0.3) is 0 Å². The van der Waals surface area contributed by atoms with E-state index in [9.17, 15) is 0 Å². The molecule has 0 radical (unpaired) electrons. The minimum absolute atomic E-state index is 0.137. The van der Waals surface area contributed by atoms with E-state index in [1.165, 1.54) is 0 Å². The van der Waals surface area contributed by atoms with Gasteiger partial charge in [0.1, 0.15) is 0 Å². The van der Waals surface area contributed by atoms with Crippen molar-refractivity contribution in [1.82, 2.24) is 0 Å². The van der Waals surface area contributed by atoms with E-state index in [1.54, 1.807) is 0 Å². The topological polar surface area (TPSA) is 69.9 Å². The Morgan fingerprint density at radius 1 is 1.20 bits per heavy atom. The molecule has 0 rings (SSSR count). The van der Waals surface area contributed by atoms with Gasteiger partial charge in [-0.3, -0.25) is 0 Å². The molecule has 4 heteroatoms. The number of hydrogen-bond acceptors (Lipinski definition) is 4. The summed E-state index contributed by atoms with van der Waals surface area (Å²) in [5, 5.41) is 25.2. The van der Waals surface area contributed by atoms with Gasteiger partial charge in [-0.15, -0.1) is 0 Å². The van der Waals surface area contributed by atoms with Crippen molar-refractivity contribution in [2.24, 2.45) is 0 Å². The summed E-state index contributed by atoms with van der Waals surface area (Å²) < 4.78 is 4.69. The summed E-state index contributed by atoms with van der Waals surface area (Å²) in [6.07, 6.45) is 0.296. The van der Waals surface area contributed by atoms with Gasteiger partial charge in [0.15, 0.2) is 6.29 Å². The fourth-order valence-electron chi connectivity index (χ4n) is 0.486. The van der Waals surface area contributed by atoms with E-state index < -0.39 is 6.29 Å². The van der Waals surface area contributed by atoms with Crippen LogP contribution in [0.5, 0.6) is 0 Å². The second-order valence-electron chi connectivity index (χ2n) is 1.94. The first-order valence-corrected chi connectivity index (χ1v) is 3.32. The Hall–Kier alpha value is -0.160. The summed E-state index contributed by atoms with van der Waals surface area (Å²) in [5.41, 5.74) is 0. The molecular weight excluding hydrogens is 136 g/mol. The van der Waals surface area contributed by atoms with Crippen molar-refractivity contribution < 1.29 is 20.1 Å². The average molecular weight is 150 g/mol. The zero-order valence-electron chi connectivity index (χ0n) is 5.86. The minimum Gasteiger partial charge on any atom is -0.396 e. The van der Waals surface area contributed by atoms with Crippen LogP contribution < -0.4 is 0 Å². The van der Waals surface area contributed by atoms with E-state index in [0.717, 1.165) is 0 Å². The Morgan fingerprint density at radius 3 is 2.40 bits per heavy atom. The Morgan fingerprint density at radius 2 is 1.90 bits per heavy atom. The molecule has 62 valence electrons. The number of rotatable bonds is 6. The first-order chi connectivity index (χ1) is 4.81. The predicted octanol–water partition coefficient (Wildman–Crippen LogP) is -0.914. The van der Waals surface area contributed by atoms with E-state index in [2.05, 4.69) is 4.74 Å². The van der Waals surface area contributed by atoms with E-state index in [0.29, 0.717) is 19.4 Å². The molecule has 0 aliphatic rings.